The molecule has 8 heteroatoms. The molecule has 166 valence electrons. The minimum atomic E-state index is -0.849. The monoisotopic (exact) mass is 453 g/mol. The smallest absolute Gasteiger partial charge is 0.323 e. The van der Waals surface area contributed by atoms with Crippen LogP contribution in [0, 0.1) is 0 Å². The Hall–Kier alpha value is -3.39. The lowest BCUT2D eigenvalue weighted by molar-refractivity contribution is -0.139. The molecule has 0 saturated heterocycles. The van der Waals surface area contributed by atoms with Gasteiger partial charge in [-0.1, -0.05) is 12.1 Å². The van der Waals surface area contributed by atoms with Crippen molar-refractivity contribution in [2.24, 2.45) is 0 Å². The maximum Gasteiger partial charge on any atom is 0.323 e. The van der Waals surface area contributed by atoms with E-state index in [1.54, 1.807) is 38.5 Å². The third-order valence-electron chi connectivity index (χ3n) is 5.65. The number of esters is 1. The fourth-order valence-electron chi connectivity index (χ4n) is 4.05. The summed E-state index contributed by atoms with van der Waals surface area (Å²) >= 11 is 1.27. The summed E-state index contributed by atoms with van der Waals surface area (Å²) in [5.74, 6) is -0.131. The lowest BCUT2D eigenvalue weighted by atomic mass is 9.94. The molecule has 32 heavy (non-hydrogen) atoms. The molecule has 0 spiro atoms. The summed E-state index contributed by atoms with van der Waals surface area (Å²) in [5.41, 5.74) is 2.67. The van der Waals surface area contributed by atoms with Gasteiger partial charge in [-0.3, -0.25) is 14.5 Å². The molecule has 2 heterocycles. The number of amides is 1. The number of rotatable bonds is 5. The molecule has 2 aliphatic heterocycles. The van der Waals surface area contributed by atoms with Crippen LogP contribution < -0.4 is 14.4 Å². The minimum Gasteiger partial charge on any atom is -0.503 e. The number of benzene rings is 2. The predicted octanol–water partition coefficient (Wildman–Crippen LogP) is 3.95. The van der Waals surface area contributed by atoms with Crippen molar-refractivity contribution < 1.29 is 28.9 Å². The molecule has 0 radical (unpaired) electrons. The number of aliphatic hydroxyl groups excluding tert-OH is 1. The second kappa shape index (κ2) is 8.63. The molecule has 2 aromatic carbocycles. The molecule has 0 saturated carbocycles. The fourth-order valence-corrected chi connectivity index (χ4v) is 5.41. The maximum absolute atomic E-state index is 13.1. The summed E-state index contributed by atoms with van der Waals surface area (Å²) < 4.78 is 15.5. The van der Waals surface area contributed by atoms with Gasteiger partial charge < -0.3 is 19.3 Å². The molecule has 1 N–H and O–H groups in total. The highest BCUT2D eigenvalue weighted by atomic mass is 32.2. The van der Waals surface area contributed by atoms with Gasteiger partial charge in [0.15, 0.2) is 5.76 Å². The van der Waals surface area contributed by atoms with Crippen LogP contribution in [0.2, 0.25) is 0 Å². The number of aliphatic hydroxyl groups is 1. The molecular weight excluding hydrogens is 430 g/mol. The quantitative estimate of drug-likeness (QED) is 0.686. The molecule has 2 atom stereocenters. The first-order chi connectivity index (χ1) is 15.4. The third-order valence-corrected chi connectivity index (χ3v) is 7.13. The first-order valence-electron chi connectivity index (χ1n) is 9.91. The molecule has 0 aliphatic carbocycles. The topological polar surface area (TPSA) is 85.3 Å². The highest BCUT2D eigenvalue weighted by Gasteiger charge is 2.50. The van der Waals surface area contributed by atoms with Crippen LogP contribution in [0.1, 0.15) is 12.5 Å². The Bertz CT molecular complexity index is 1120. The molecule has 2 aromatic rings. The molecule has 4 rings (SSSR count). The van der Waals surface area contributed by atoms with Gasteiger partial charge in [0.2, 0.25) is 0 Å². The number of hydrogen-bond donors (Lipinski definition) is 1. The van der Waals surface area contributed by atoms with Gasteiger partial charge in [-0.15, -0.1) is 11.8 Å². The second-order valence-electron chi connectivity index (χ2n) is 7.34. The van der Waals surface area contributed by atoms with Gasteiger partial charge in [0.05, 0.1) is 27.4 Å². The Balaban J connectivity index is 1.87. The van der Waals surface area contributed by atoms with E-state index in [9.17, 15) is 14.7 Å². The number of thioether (sulfide) groups is 1. The van der Waals surface area contributed by atoms with Crippen LogP contribution in [0.4, 0.5) is 5.69 Å². The molecule has 0 unspecified atom stereocenters. The van der Waals surface area contributed by atoms with E-state index in [0.29, 0.717) is 22.8 Å². The Kier molecular flexibility index (Phi) is 5.88. The average Bonchev–Trinajstić information content (AvgIpc) is 3.10. The first-order valence-corrected chi connectivity index (χ1v) is 10.8. The van der Waals surface area contributed by atoms with Crippen molar-refractivity contribution in [1.29, 1.82) is 0 Å². The van der Waals surface area contributed by atoms with Gasteiger partial charge in [-0.25, -0.2) is 0 Å². The van der Waals surface area contributed by atoms with Gasteiger partial charge in [-0.05, 0) is 54.5 Å². The summed E-state index contributed by atoms with van der Waals surface area (Å²) in [6.45, 7) is 1.91. The highest BCUT2D eigenvalue weighted by molar-refractivity contribution is 8.09. The van der Waals surface area contributed by atoms with Crippen LogP contribution in [-0.2, 0) is 14.3 Å². The van der Waals surface area contributed by atoms with Crippen molar-refractivity contribution in [3.8, 4) is 11.5 Å². The highest BCUT2D eigenvalue weighted by Crippen LogP contribution is 2.50. The normalized spacial score (nSPS) is 20.4. The minimum absolute atomic E-state index is 0.345. The number of carbonyl (C=O) groups excluding carboxylic acids is 2. The van der Waals surface area contributed by atoms with E-state index in [2.05, 4.69) is 0 Å². The zero-order chi connectivity index (χ0) is 23.0. The third kappa shape index (κ3) is 3.50. The number of ether oxygens (including phenoxy) is 3. The van der Waals surface area contributed by atoms with Gasteiger partial charge in [0.1, 0.15) is 16.7 Å². The summed E-state index contributed by atoms with van der Waals surface area (Å²) in [5, 5.41) is 9.94. The van der Waals surface area contributed by atoms with E-state index < -0.39 is 28.9 Å². The standard InChI is InChI=1S/C24H23NO6S/c1-13-19-18(20(26)23(27)25(19)15-7-11-17(30-3)12-8-15)22(24(28)31-4)32-21(13)14-5-9-16(29-2)10-6-14/h5-12,19,22,26H,1-4H3/t19-,22+/m0/s1. The van der Waals surface area contributed by atoms with Crippen LogP contribution in [0.3, 0.4) is 0 Å². The number of anilines is 1. The zero-order valence-corrected chi connectivity index (χ0v) is 18.9. The number of fused-ring (bicyclic) bond motifs is 1. The lowest BCUT2D eigenvalue weighted by Crippen LogP contribution is -2.41. The molecule has 0 aromatic heterocycles. The number of methoxy groups -OCH3 is 3. The molecule has 0 fully saturated rings. The van der Waals surface area contributed by atoms with Crippen LogP contribution in [0.5, 0.6) is 11.5 Å². The fraction of sp³-hybridized carbons (Fsp3) is 0.250. The first kappa shape index (κ1) is 21.8. The molecular formula is C24H23NO6S. The number of carbonyl (C=O) groups is 2. The van der Waals surface area contributed by atoms with Crippen molar-refractivity contribution in [3.63, 3.8) is 0 Å². The number of nitrogens with zero attached hydrogens (tertiary/aromatic N) is 1. The Morgan fingerprint density at radius 3 is 2.06 bits per heavy atom. The number of hydrogen-bond acceptors (Lipinski definition) is 7. The van der Waals surface area contributed by atoms with Crippen LogP contribution in [0.15, 0.2) is 65.4 Å². The lowest BCUT2D eigenvalue weighted by Gasteiger charge is -2.35. The Morgan fingerprint density at radius 2 is 1.53 bits per heavy atom. The van der Waals surface area contributed by atoms with Crippen molar-refractivity contribution in [2.75, 3.05) is 26.2 Å². The van der Waals surface area contributed by atoms with E-state index >= 15 is 0 Å². The van der Waals surface area contributed by atoms with Crippen LogP contribution in [0.25, 0.3) is 4.91 Å². The van der Waals surface area contributed by atoms with Crippen molar-refractivity contribution in [3.05, 3.63) is 71.0 Å². The van der Waals surface area contributed by atoms with E-state index in [4.69, 9.17) is 14.2 Å². The predicted molar refractivity (Wildman–Crippen MR) is 123 cm³/mol. The van der Waals surface area contributed by atoms with Gasteiger partial charge in [-0.2, -0.15) is 0 Å². The van der Waals surface area contributed by atoms with Crippen LogP contribution in [-0.4, -0.2) is 49.6 Å². The van der Waals surface area contributed by atoms with Crippen molar-refractivity contribution >= 4 is 34.2 Å². The molecule has 7 nitrogen and oxygen atoms in total. The maximum atomic E-state index is 13.1. The second-order valence-corrected chi connectivity index (χ2v) is 8.46. The summed E-state index contributed by atoms with van der Waals surface area (Å²) in [6, 6.07) is 13.9. The largest absolute Gasteiger partial charge is 0.503 e. The van der Waals surface area contributed by atoms with Gasteiger partial charge in [0, 0.05) is 16.2 Å². The van der Waals surface area contributed by atoms with Crippen molar-refractivity contribution in [2.45, 2.75) is 18.2 Å². The SMILES string of the molecule is COC(=O)[C@@H]1SC(c2ccc(OC)cc2)=C(C)[C@H]2C1=C(O)C(=O)N2c1ccc(OC)cc1. The van der Waals surface area contributed by atoms with Gasteiger partial charge >= 0.3 is 5.97 Å². The van der Waals surface area contributed by atoms with E-state index in [1.807, 2.05) is 31.2 Å². The average molecular weight is 454 g/mol. The molecule has 1 amide bonds. The van der Waals surface area contributed by atoms with E-state index in [1.165, 1.54) is 23.8 Å². The van der Waals surface area contributed by atoms with E-state index in [-0.39, 0.29) is 0 Å². The van der Waals surface area contributed by atoms with Crippen molar-refractivity contribution in [1.82, 2.24) is 0 Å². The molecule has 0 bridgehead atoms. The Labute approximate surface area is 190 Å². The zero-order valence-electron chi connectivity index (χ0n) is 18.1. The summed E-state index contributed by atoms with van der Waals surface area (Å²) in [4.78, 5) is 28.2. The van der Waals surface area contributed by atoms with Crippen LogP contribution >= 0.6 is 11.8 Å². The van der Waals surface area contributed by atoms with E-state index in [0.717, 1.165) is 16.0 Å². The summed E-state index contributed by atoms with van der Waals surface area (Å²) in [7, 11) is 4.46. The summed E-state index contributed by atoms with van der Waals surface area (Å²) in [6.07, 6.45) is 0. The molecule has 2 aliphatic rings. The Morgan fingerprint density at radius 1 is 0.969 bits per heavy atom. The van der Waals surface area contributed by atoms with Gasteiger partial charge in [0.25, 0.3) is 5.91 Å².